The van der Waals surface area contributed by atoms with Gasteiger partial charge >= 0.3 is 0 Å². The van der Waals surface area contributed by atoms with E-state index in [1.165, 1.54) is 0 Å². The lowest BCUT2D eigenvalue weighted by Crippen LogP contribution is -2.38. The molecule has 0 aromatic heterocycles. The summed E-state index contributed by atoms with van der Waals surface area (Å²) < 4.78 is 0. The number of nitrogens with one attached hydrogen (secondary N) is 2. The van der Waals surface area contributed by atoms with Crippen molar-refractivity contribution in [2.45, 2.75) is 19.9 Å². The summed E-state index contributed by atoms with van der Waals surface area (Å²) in [6.45, 7) is 8.82. The van der Waals surface area contributed by atoms with E-state index >= 15 is 0 Å². The molecule has 2 N–H and O–H groups in total. The van der Waals surface area contributed by atoms with Gasteiger partial charge in [0.1, 0.15) is 0 Å². The highest BCUT2D eigenvalue weighted by molar-refractivity contribution is 7.99. The minimum atomic E-state index is 0.0636. The Morgan fingerprint density at radius 1 is 1.57 bits per heavy atom. The Kier molecular flexibility index (Phi) is 8.78. The number of hydrogen-bond donors (Lipinski definition) is 2. The van der Waals surface area contributed by atoms with Gasteiger partial charge in [-0.25, -0.2) is 0 Å². The summed E-state index contributed by atoms with van der Waals surface area (Å²) >= 11 is 1.81. The topological polar surface area (TPSA) is 41.1 Å². The second-order valence-electron chi connectivity index (χ2n) is 3.26. The molecule has 0 rings (SSSR count). The maximum atomic E-state index is 11.1. The monoisotopic (exact) mass is 216 g/mol. The van der Waals surface area contributed by atoms with E-state index in [1.807, 2.05) is 19.9 Å². The molecule has 0 radical (unpaired) electrons. The van der Waals surface area contributed by atoms with Gasteiger partial charge in [0.2, 0.25) is 5.91 Å². The fourth-order valence-corrected chi connectivity index (χ4v) is 1.51. The molecular weight excluding hydrogens is 196 g/mol. The number of thioether (sulfide) groups is 1. The number of carbonyl (C=O) groups excluding carboxylic acids is 1. The molecule has 0 atom stereocenters. The van der Waals surface area contributed by atoms with Crippen molar-refractivity contribution >= 4 is 17.7 Å². The number of carbonyl (C=O) groups is 1. The van der Waals surface area contributed by atoms with Crippen LogP contribution in [-0.4, -0.2) is 36.5 Å². The van der Waals surface area contributed by atoms with Crippen LogP contribution in [0.1, 0.15) is 13.8 Å². The summed E-state index contributed by atoms with van der Waals surface area (Å²) in [5, 5.41) is 5.90. The van der Waals surface area contributed by atoms with Gasteiger partial charge in [0.15, 0.2) is 0 Å². The van der Waals surface area contributed by atoms with E-state index in [-0.39, 0.29) is 11.9 Å². The van der Waals surface area contributed by atoms with Gasteiger partial charge in [-0.05, 0) is 13.8 Å². The summed E-state index contributed by atoms with van der Waals surface area (Å²) in [6.07, 6.45) is 1.89. The van der Waals surface area contributed by atoms with Gasteiger partial charge in [-0.3, -0.25) is 4.79 Å². The standard InChI is InChI=1S/C10H20N2OS/c1-4-6-14-7-5-11-8-10(13)12-9(2)3/h4,9,11H,1,5-8H2,2-3H3,(H,12,13). The molecule has 1 amide bonds. The summed E-state index contributed by atoms with van der Waals surface area (Å²) in [6, 6.07) is 0.222. The quantitative estimate of drug-likeness (QED) is 0.470. The predicted molar refractivity (Wildman–Crippen MR) is 63.7 cm³/mol. The molecule has 0 aromatic carbocycles. The number of hydrogen-bond acceptors (Lipinski definition) is 3. The molecule has 0 aliphatic heterocycles. The van der Waals surface area contributed by atoms with Crippen LogP contribution in [-0.2, 0) is 4.79 Å². The smallest absolute Gasteiger partial charge is 0.234 e. The van der Waals surface area contributed by atoms with Gasteiger partial charge in [-0.2, -0.15) is 11.8 Å². The Labute approximate surface area is 90.7 Å². The molecule has 0 fully saturated rings. The lowest BCUT2D eigenvalue weighted by Gasteiger charge is -2.08. The highest BCUT2D eigenvalue weighted by Gasteiger charge is 2.00. The SMILES string of the molecule is C=CCSCCNCC(=O)NC(C)C. The third kappa shape index (κ3) is 9.61. The van der Waals surface area contributed by atoms with Crippen LogP contribution in [0.15, 0.2) is 12.7 Å². The number of rotatable bonds is 8. The van der Waals surface area contributed by atoms with Gasteiger partial charge in [-0.1, -0.05) is 6.08 Å². The highest BCUT2D eigenvalue weighted by Crippen LogP contribution is 1.96. The minimum Gasteiger partial charge on any atom is -0.353 e. The molecule has 4 heteroatoms. The highest BCUT2D eigenvalue weighted by atomic mass is 32.2. The molecule has 0 saturated carbocycles. The van der Waals surface area contributed by atoms with E-state index in [0.29, 0.717) is 6.54 Å². The average molecular weight is 216 g/mol. The van der Waals surface area contributed by atoms with Crippen molar-refractivity contribution < 1.29 is 4.79 Å². The molecule has 0 saturated heterocycles. The van der Waals surface area contributed by atoms with Crippen LogP contribution < -0.4 is 10.6 Å². The van der Waals surface area contributed by atoms with Crippen LogP contribution in [0.4, 0.5) is 0 Å². The molecule has 0 bridgehead atoms. The van der Waals surface area contributed by atoms with Crippen molar-refractivity contribution in [2.75, 3.05) is 24.6 Å². The van der Waals surface area contributed by atoms with E-state index in [9.17, 15) is 4.79 Å². The fourth-order valence-electron chi connectivity index (χ4n) is 0.886. The van der Waals surface area contributed by atoms with Crippen LogP contribution in [0.2, 0.25) is 0 Å². The first-order valence-corrected chi connectivity index (χ1v) is 6.01. The van der Waals surface area contributed by atoms with Crippen LogP contribution in [0, 0.1) is 0 Å². The van der Waals surface area contributed by atoms with Crippen molar-refractivity contribution in [3.63, 3.8) is 0 Å². The zero-order chi connectivity index (χ0) is 10.8. The van der Waals surface area contributed by atoms with E-state index in [0.717, 1.165) is 18.1 Å². The van der Waals surface area contributed by atoms with Crippen molar-refractivity contribution in [2.24, 2.45) is 0 Å². The first kappa shape index (κ1) is 13.5. The Balaban J connectivity index is 3.19. The van der Waals surface area contributed by atoms with E-state index < -0.39 is 0 Å². The molecule has 0 aromatic rings. The lowest BCUT2D eigenvalue weighted by molar-refractivity contribution is -0.120. The van der Waals surface area contributed by atoms with Crippen LogP contribution in [0.5, 0.6) is 0 Å². The second kappa shape index (κ2) is 9.09. The molecule has 14 heavy (non-hydrogen) atoms. The maximum absolute atomic E-state index is 11.1. The molecule has 0 aliphatic carbocycles. The first-order valence-electron chi connectivity index (χ1n) is 4.85. The largest absolute Gasteiger partial charge is 0.353 e. The van der Waals surface area contributed by atoms with Crippen molar-refractivity contribution in [3.05, 3.63) is 12.7 Å². The lowest BCUT2D eigenvalue weighted by atomic mass is 10.4. The molecule has 0 unspecified atom stereocenters. The summed E-state index contributed by atoms with van der Waals surface area (Å²) in [7, 11) is 0. The normalized spacial score (nSPS) is 10.2. The molecular formula is C10H20N2OS. The summed E-state index contributed by atoms with van der Waals surface area (Å²) in [5.74, 6) is 2.05. The van der Waals surface area contributed by atoms with Crippen LogP contribution in [0.3, 0.4) is 0 Å². The Morgan fingerprint density at radius 3 is 2.86 bits per heavy atom. The van der Waals surface area contributed by atoms with Gasteiger partial charge in [0, 0.05) is 24.1 Å². The third-order valence-electron chi connectivity index (χ3n) is 1.39. The third-order valence-corrected chi connectivity index (χ3v) is 2.36. The molecule has 82 valence electrons. The summed E-state index contributed by atoms with van der Waals surface area (Å²) in [4.78, 5) is 11.1. The van der Waals surface area contributed by atoms with Gasteiger partial charge in [0.05, 0.1) is 6.54 Å². The van der Waals surface area contributed by atoms with Gasteiger partial charge in [-0.15, -0.1) is 6.58 Å². The molecule has 0 spiro atoms. The molecule has 0 aliphatic rings. The van der Waals surface area contributed by atoms with Crippen molar-refractivity contribution in [1.29, 1.82) is 0 Å². The van der Waals surface area contributed by atoms with Crippen molar-refractivity contribution in [1.82, 2.24) is 10.6 Å². The van der Waals surface area contributed by atoms with Crippen molar-refractivity contribution in [3.8, 4) is 0 Å². The zero-order valence-electron chi connectivity index (χ0n) is 9.01. The first-order chi connectivity index (χ1) is 6.66. The Hall–Kier alpha value is -0.480. The summed E-state index contributed by atoms with van der Waals surface area (Å²) in [5.41, 5.74) is 0. The van der Waals surface area contributed by atoms with Crippen LogP contribution in [0.25, 0.3) is 0 Å². The Bertz CT molecular complexity index is 172. The fraction of sp³-hybridized carbons (Fsp3) is 0.700. The van der Waals surface area contributed by atoms with Crippen LogP contribution >= 0.6 is 11.8 Å². The number of amides is 1. The van der Waals surface area contributed by atoms with E-state index in [2.05, 4.69) is 17.2 Å². The van der Waals surface area contributed by atoms with Gasteiger partial charge in [0.25, 0.3) is 0 Å². The average Bonchev–Trinajstić information content (AvgIpc) is 2.10. The Morgan fingerprint density at radius 2 is 2.29 bits per heavy atom. The molecule has 0 heterocycles. The van der Waals surface area contributed by atoms with Gasteiger partial charge < -0.3 is 10.6 Å². The predicted octanol–water partition coefficient (Wildman–Crippen LogP) is 1.02. The zero-order valence-corrected chi connectivity index (χ0v) is 9.82. The maximum Gasteiger partial charge on any atom is 0.234 e. The minimum absolute atomic E-state index is 0.0636. The van der Waals surface area contributed by atoms with E-state index in [1.54, 1.807) is 11.8 Å². The molecule has 3 nitrogen and oxygen atoms in total. The second-order valence-corrected chi connectivity index (χ2v) is 4.41. The van der Waals surface area contributed by atoms with E-state index in [4.69, 9.17) is 0 Å².